The zero-order valence-corrected chi connectivity index (χ0v) is 17.6. The van der Waals surface area contributed by atoms with E-state index in [9.17, 15) is 13.6 Å². The zero-order chi connectivity index (χ0) is 22.2. The first-order valence-electron chi connectivity index (χ1n) is 10.3. The highest BCUT2D eigenvalue weighted by molar-refractivity contribution is 6.00. The molecule has 4 rings (SSSR count). The van der Waals surface area contributed by atoms with E-state index >= 15 is 0 Å². The Hall–Kier alpha value is -3.23. The van der Waals surface area contributed by atoms with Crippen LogP contribution < -0.4 is 11.1 Å². The molecule has 9 heteroatoms. The molecule has 1 amide bonds. The number of nitrogens with two attached hydrogens (primary N) is 1. The van der Waals surface area contributed by atoms with E-state index in [1.165, 1.54) is 6.92 Å². The fourth-order valence-corrected chi connectivity index (χ4v) is 3.71. The van der Waals surface area contributed by atoms with Crippen molar-refractivity contribution in [2.45, 2.75) is 25.7 Å². The number of alkyl halides is 2. The summed E-state index contributed by atoms with van der Waals surface area (Å²) in [6, 6.07) is 7.60. The maximum Gasteiger partial charge on any atom is 0.253 e. The van der Waals surface area contributed by atoms with E-state index in [1.807, 2.05) is 37.5 Å². The van der Waals surface area contributed by atoms with Gasteiger partial charge in [-0.2, -0.15) is 5.10 Å². The lowest BCUT2D eigenvalue weighted by Crippen LogP contribution is -2.41. The first-order valence-corrected chi connectivity index (χ1v) is 10.3. The Balaban J connectivity index is 1.54. The number of aliphatic imine (C=N–C) groups is 1. The molecular formula is C22H26F2N6O. The highest BCUT2D eigenvalue weighted by Gasteiger charge is 2.56. The number of hydrogen-bond acceptors (Lipinski definition) is 4. The van der Waals surface area contributed by atoms with Crippen LogP contribution in [0, 0.1) is 5.92 Å². The van der Waals surface area contributed by atoms with Gasteiger partial charge in [-0.15, -0.1) is 0 Å². The Bertz CT molecular complexity index is 1040. The van der Waals surface area contributed by atoms with Crippen molar-refractivity contribution in [3.63, 3.8) is 0 Å². The van der Waals surface area contributed by atoms with Gasteiger partial charge in [-0.25, -0.2) is 13.8 Å². The molecule has 1 aromatic carbocycles. The van der Waals surface area contributed by atoms with Crippen molar-refractivity contribution >= 4 is 17.4 Å². The summed E-state index contributed by atoms with van der Waals surface area (Å²) >= 11 is 0. The summed E-state index contributed by atoms with van der Waals surface area (Å²) < 4.78 is 28.2. The molecule has 3 N–H and O–H groups in total. The highest BCUT2D eigenvalue weighted by atomic mass is 19.3. The lowest BCUT2D eigenvalue weighted by Gasteiger charge is -2.30. The van der Waals surface area contributed by atoms with Gasteiger partial charge in [0.15, 0.2) is 0 Å². The number of hydrogen-bond donors (Lipinski definition) is 2. The van der Waals surface area contributed by atoms with Gasteiger partial charge in [0.05, 0.1) is 18.4 Å². The van der Waals surface area contributed by atoms with Crippen LogP contribution >= 0.6 is 0 Å². The van der Waals surface area contributed by atoms with Gasteiger partial charge in [-0.1, -0.05) is 12.1 Å². The summed E-state index contributed by atoms with van der Waals surface area (Å²) in [4.78, 5) is 18.1. The predicted molar refractivity (Wildman–Crippen MR) is 115 cm³/mol. The van der Waals surface area contributed by atoms with E-state index < -0.39 is 11.8 Å². The second kappa shape index (κ2) is 8.13. The number of carbonyl (C=O) groups excluding carboxylic acids is 1. The van der Waals surface area contributed by atoms with Crippen LogP contribution in [-0.4, -0.2) is 52.0 Å². The molecule has 0 bridgehead atoms. The fourth-order valence-electron chi connectivity index (χ4n) is 3.71. The van der Waals surface area contributed by atoms with Crippen LogP contribution in [0.1, 0.15) is 19.8 Å². The number of benzene rings is 1. The molecule has 1 atom stereocenters. The molecule has 1 saturated carbocycles. The third kappa shape index (κ3) is 4.76. The number of aryl methyl sites for hydroxylation is 1. The van der Waals surface area contributed by atoms with Crippen molar-refractivity contribution in [3.05, 3.63) is 47.9 Å². The standard InChI is InChI=1S/C22H26F2N6O/c1-14(31)30-8-7-20(26-11-17-9-22(17,23)24)19(13-30)21(25)28-18-5-3-15(4-6-18)16-10-27-29(2)12-16/h3-6,10,12,17,26H,7-9,11,13H2,1-2H3,(H2,25,28). The molecule has 2 heterocycles. The largest absolute Gasteiger partial charge is 0.387 e. The average molecular weight is 428 g/mol. The normalized spacial score (nSPS) is 20.7. The summed E-state index contributed by atoms with van der Waals surface area (Å²) in [5, 5.41) is 7.31. The number of nitrogens with zero attached hydrogens (tertiary/aromatic N) is 4. The third-order valence-corrected chi connectivity index (χ3v) is 5.77. The summed E-state index contributed by atoms with van der Waals surface area (Å²) in [5.41, 5.74) is 10.5. The van der Waals surface area contributed by atoms with Crippen LogP contribution in [0.2, 0.25) is 0 Å². The summed E-state index contributed by atoms with van der Waals surface area (Å²) in [5.74, 6) is -3.00. The van der Waals surface area contributed by atoms with Crippen LogP contribution in [-0.2, 0) is 11.8 Å². The smallest absolute Gasteiger partial charge is 0.253 e. The molecular weight excluding hydrogens is 402 g/mol. The summed E-state index contributed by atoms with van der Waals surface area (Å²) in [7, 11) is 1.86. The van der Waals surface area contributed by atoms with Crippen molar-refractivity contribution in [2.75, 3.05) is 19.6 Å². The van der Waals surface area contributed by atoms with Gasteiger partial charge in [-0.05, 0) is 17.7 Å². The number of aromatic nitrogens is 2. The Kier molecular flexibility index (Phi) is 5.51. The zero-order valence-electron chi connectivity index (χ0n) is 17.6. The number of rotatable bonds is 6. The quantitative estimate of drug-likeness (QED) is 0.547. The van der Waals surface area contributed by atoms with Gasteiger partial charge in [0.25, 0.3) is 5.92 Å². The first kappa shape index (κ1) is 21.0. The van der Waals surface area contributed by atoms with Crippen LogP contribution in [0.25, 0.3) is 11.1 Å². The summed E-state index contributed by atoms with van der Waals surface area (Å²) in [6.45, 7) is 2.53. The van der Waals surface area contributed by atoms with E-state index in [-0.39, 0.29) is 24.7 Å². The number of nitrogens with one attached hydrogen (secondary N) is 1. The van der Waals surface area contributed by atoms with E-state index in [4.69, 9.17) is 5.73 Å². The van der Waals surface area contributed by atoms with E-state index in [0.717, 1.165) is 16.8 Å². The van der Waals surface area contributed by atoms with Crippen molar-refractivity contribution in [1.29, 1.82) is 0 Å². The van der Waals surface area contributed by atoms with Gasteiger partial charge in [0.2, 0.25) is 5.91 Å². The van der Waals surface area contributed by atoms with Crippen molar-refractivity contribution < 1.29 is 13.6 Å². The van der Waals surface area contributed by atoms with Crippen molar-refractivity contribution in [2.24, 2.45) is 23.7 Å². The minimum atomic E-state index is -2.58. The molecule has 164 valence electrons. The van der Waals surface area contributed by atoms with Crippen LogP contribution in [0.15, 0.2) is 52.9 Å². The third-order valence-electron chi connectivity index (χ3n) is 5.77. The highest BCUT2D eigenvalue weighted by Crippen LogP contribution is 2.48. The molecule has 31 heavy (non-hydrogen) atoms. The molecule has 1 aromatic heterocycles. The number of carbonyl (C=O) groups is 1. The fraction of sp³-hybridized carbons (Fsp3) is 0.409. The molecule has 0 radical (unpaired) electrons. The molecule has 2 aliphatic rings. The molecule has 1 aliphatic carbocycles. The van der Waals surface area contributed by atoms with Crippen molar-refractivity contribution in [1.82, 2.24) is 20.0 Å². The van der Waals surface area contributed by atoms with E-state index in [0.29, 0.717) is 30.8 Å². The monoisotopic (exact) mass is 428 g/mol. The van der Waals surface area contributed by atoms with Gasteiger partial charge in [0.1, 0.15) is 5.84 Å². The van der Waals surface area contributed by atoms with Crippen LogP contribution in [0.3, 0.4) is 0 Å². The van der Waals surface area contributed by atoms with Gasteiger partial charge >= 0.3 is 0 Å². The minimum Gasteiger partial charge on any atom is -0.387 e. The Morgan fingerprint density at radius 2 is 2.03 bits per heavy atom. The molecule has 1 fully saturated rings. The Labute approximate surface area is 179 Å². The van der Waals surface area contributed by atoms with Gasteiger partial charge in [0, 0.05) is 68.9 Å². The maximum absolute atomic E-state index is 13.3. The second-order valence-electron chi connectivity index (χ2n) is 8.14. The molecule has 1 aliphatic heterocycles. The molecule has 1 unspecified atom stereocenters. The number of halogens is 2. The molecule has 7 nitrogen and oxygen atoms in total. The molecule has 2 aromatic rings. The van der Waals surface area contributed by atoms with Crippen molar-refractivity contribution in [3.8, 4) is 11.1 Å². The second-order valence-corrected chi connectivity index (χ2v) is 8.14. The van der Waals surface area contributed by atoms with Crippen LogP contribution in [0.5, 0.6) is 0 Å². The lowest BCUT2D eigenvalue weighted by molar-refractivity contribution is -0.128. The topological polar surface area (TPSA) is 88.5 Å². The van der Waals surface area contributed by atoms with E-state index in [2.05, 4.69) is 15.4 Å². The number of amides is 1. The molecule has 0 saturated heterocycles. The Morgan fingerprint density at radius 1 is 1.32 bits per heavy atom. The Morgan fingerprint density at radius 3 is 2.61 bits per heavy atom. The maximum atomic E-state index is 13.3. The SMILES string of the molecule is CC(=O)N1CCC(NCC2CC2(F)F)=C(C(N)=Nc2ccc(-c3cnn(C)c3)cc2)C1. The predicted octanol–water partition coefficient (Wildman–Crippen LogP) is 2.83. The number of amidine groups is 1. The molecule has 0 spiro atoms. The minimum absolute atomic E-state index is 0.0566. The van der Waals surface area contributed by atoms with E-state index in [1.54, 1.807) is 15.8 Å². The van der Waals surface area contributed by atoms with Gasteiger partial charge in [-0.3, -0.25) is 9.48 Å². The lowest BCUT2D eigenvalue weighted by atomic mass is 10.0. The van der Waals surface area contributed by atoms with Crippen LogP contribution in [0.4, 0.5) is 14.5 Å². The first-order chi connectivity index (χ1) is 14.7. The summed E-state index contributed by atoms with van der Waals surface area (Å²) in [6.07, 6.45) is 4.16. The van der Waals surface area contributed by atoms with Gasteiger partial charge < -0.3 is 16.0 Å². The average Bonchev–Trinajstić information content (AvgIpc) is 3.12.